The lowest BCUT2D eigenvalue weighted by Gasteiger charge is -2.09. The molecule has 0 atom stereocenters. The number of rotatable bonds is 5. The van der Waals surface area contributed by atoms with E-state index < -0.39 is 0 Å². The van der Waals surface area contributed by atoms with Crippen molar-refractivity contribution in [3.63, 3.8) is 0 Å². The van der Waals surface area contributed by atoms with E-state index in [0.717, 1.165) is 11.1 Å². The lowest BCUT2D eigenvalue weighted by atomic mass is 10.0. The molecule has 0 N–H and O–H groups in total. The van der Waals surface area contributed by atoms with Crippen LogP contribution in [0.15, 0.2) is 55.6 Å². The number of carbonyl (C=O) groups excluding carboxylic acids is 1. The Kier molecular flexibility index (Phi) is 4.15. The summed E-state index contributed by atoms with van der Waals surface area (Å²) in [6, 6.07) is 7.21. The zero-order valence-corrected chi connectivity index (χ0v) is 11.7. The minimum atomic E-state index is -0.389. The van der Waals surface area contributed by atoms with Gasteiger partial charge in [0.25, 0.3) is 0 Å². The SMILES string of the molecule is O=C(OCCn1cncn1)c1ccccc1-c1cncnc1. The number of esters is 1. The smallest absolute Gasteiger partial charge is 0.338 e. The average Bonchev–Trinajstić information content (AvgIpc) is 3.09. The molecular formula is C15H13N5O2. The molecule has 22 heavy (non-hydrogen) atoms. The van der Waals surface area contributed by atoms with E-state index in [9.17, 15) is 4.79 Å². The van der Waals surface area contributed by atoms with Crippen LogP contribution < -0.4 is 0 Å². The van der Waals surface area contributed by atoms with Crippen molar-refractivity contribution >= 4 is 5.97 Å². The first-order chi connectivity index (χ1) is 10.8. The third-order valence-corrected chi connectivity index (χ3v) is 3.04. The molecule has 0 saturated carbocycles. The van der Waals surface area contributed by atoms with Gasteiger partial charge in [0.1, 0.15) is 25.6 Å². The Bertz CT molecular complexity index is 744. The van der Waals surface area contributed by atoms with Crippen molar-refractivity contribution in [1.29, 1.82) is 0 Å². The molecule has 1 aromatic carbocycles. The normalized spacial score (nSPS) is 10.4. The van der Waals surface area contributed by atoms with Gasteiger partial charge in [0.05, 0.1) is 12.1 Å². The summed E-state index contributed by atoms with van der Waals surface area (Å²) in [7, 11) is 0. The Morgan fingerprint density at radius 1 is 1.09 bits per heavy atom. The lowest BCUT2D eigenvalue weighted by molar-refractivity contribution is 0.0488. The van der Waals surface area contributed by atoms with Crippen molar-refractivity contribution < 1.29 is 9.53 Å². The maximum absolute atomic E-state index is 12.3. The highest BCUT2D eigenvalue weighted by Crippen LogP contribution is 2.22. The quantitative estimate of drug-likeness (QED) is 0.665. The fraction of sp³-hybridized carbons (Fsp3) is 0.133. The zero-order chi connectivity index (χ0) is 15.2. The first-order valence-corrected chi connectivity index (χ1v) is 6.68. The summed E-state index contributed by atoms with van der Waals surface area (Å²) < 4.78 is 6.90. The van der Waals surface area contributed by atoms with E-state index >= 15 is 0 Å². The van der Waals surface area contributed by atoms with Gasteiger partial charge >= 0.3 is 5.97 Å². The standard InChI is InChI=1S/C15H13N5O2/c21-15(22-6-5-20-11-18-10-19-20)14-4-2-1-3-13(14)12-7-16-9-17-8-12/h1-4,7-11H,5-6H2. The number of ether oxygens (including phenoxy) is 1. The first-order valence-electron chi connectivity index (χ1n) is 6.68. The second kappa shape index (κ2) is 6.57. The Balaban J connectivity index is 1.72. The third kappa shape index (κ3) is 3.14. The molecule has 0 amide bonds. The summed E-state index contributed by atoms with van der Waals surface area (Å²) in [4.78, 5) is 24.0. The van der Waals surface area contributed by atoms with E-state index in [4.69, 9.17) is 4.74 Å². The van der Waals surface area contributed by atoms with E-state index in [2.05, 4.69) is 20.1 Å². The van der Waals surface area contributed by atoms with Crippen LogP contribution in [0.1, 0.15) is 10.4 Å². The van der Waals surface area contributed by atoms with E-state index in [-0.39, 0.29) is 12.6 Å². The lowest BCUT2D eigenvalue weighted by Crippen LogP contribution is -2.12. The van der Waals surface area contributed by atoms with Gasteiger partial charge in [0, 0.05) is 18.0 Å². The first kappa shape index (κ1) is 13.9. The monoisotopic (exact) mass is 295 g/mol. The Labute approximate surface area is 126 Å². The summed E-state index contributed by atoms with van der Waals surface area (Å²) in [5.74, 6) is -0.389. The molecule has 0 radical (unpaired) electrons. The van der Waals surface area contributed by atoms with E-state index in [1.165, 1.54) is 12.7 Å². The summed E-state index contributed by atoms with van der Waals surface area (Å²) >= 11 is 0. The van der Waals surface area contributed by atoms with Gasteiger partial charge in [-0.25, -0.2) is 24.4 Å². The molecule has 0 fully saturated rings. The summed E-state index contributed by atoms with van der Waals surface area (Å²) in [5, 5.41) is 3.95. The van der Waals surface area contributed by atoms with Gasteiger partial charge in [-0.2, -0.15) is 5.10 Å². The van der Waals surface area contributed by atoms with E-state index in [1.54, 1.807) is 35.5 Å². The maximum atomic E-state index is 12.3. The van der Waals surface area contributed by atoms with Gasteiger partial charge < -0.3 is 4.74 Å². The molecule has 2 aromatic heterocycles. The van der Waals surface area contributed by atoms with Crippen molar-refractivity contribution in [3.8, 4) is 11.1 Å². The van der Waals surface area contributed by atoms with E-state index in [1.807, 2.05) is 12.1 Å². The van der Waals surface area contributed by atoms with Crippen LogP contribution in [0.25, 0.3) is 11.1 Å². The molecule has 7 nitrogen and oxygen atoms in total. The number of hydrogen-bond acceptors (Lipinski definition) is 6. The number of carbonyl (C=O) groups is 1. The van der Waals surface area contributed by atoms with Gasteiger partial charge in [-0.15, -0.1) is 0 Å². The van der Waals surface area contributed by atoms with Crippen LogP contribution in [0.4, 0.5) is 0 Å². The van der Waals surface area contributed by atoms with Gasteiger partial charge in [-0.05, 0) is 11.6 Å². The number of nitrogens with zero attached hydrogens (tertiary/aromatic N) is 5. The number of benzene rings is 1. The second-order valence-electron chi connectivity index (χ2n) is 4.47. The molecule has 2 heterocycles. The van der Waals surface area contributed by atoms with Crippen molar-refractivity contribution in [2.75, 3.05) is 6.61 Å². The molecule has 110 valence electrons. The van der Waals surface area contributed by atoms with Crippen LogP contribution >= 0.6 is 0 Å². The average molecular weight is 295 g/mol. The van der Waals surface area contributed by atoms with E-state index in [0.29, 0.717) is 12.1 Å². The Morgan fingerprint density at radius 3 is 2.68 bits per heavy atom. The van der Waals surface area contributed by atoms with Crippen LogP contribution in [0, 0.1) is 0 Å². The molecule has 0 aliphatic heterocycles. The Hall–Kier alpha value is -3.09. The second-order valence-corrected chi connectivity index (χ2v) is 4.47. The van der Waals surface area contributed by atoms with Crippen molar-refractivity contribution in [1.82, 2.24) is 24.7 Å². The summed E-state index contributed by atoms with van der Waals surface area (Å²) in [6.45, 7) is 0.685. The van der Waals surface area contributed by atoms with Gasteiger partial charge in [0.2, 0.25) is 0 Å². The van der Waals surface area contributed by atoms with Crippen LogP contribution in [0.2, 0.25) is 0 Å². The van der Waals surface area contributed by atoms with Crippen LogP contribution in [0.5, 0.6) is 0 Å². The molecule has 0 unspecified atom stereocenters. The number of hydrogen-bond donors (Lipinski definition) is 0. The zero-order valence-electron chi connectivity index (χ0n) is 11.7. The van der Waals surface area contributed by atoms with Crippen molar-refractivity contribution in [2.24, 2.45) is 0 Å². The molecule has 7 heteroatoms. The molecule has 0 saturated heterocycles. The summed E-state index contributed by atoms with van der Waals surface area (Å²) in [5.41, 5.74) is 2.00. The minimum absolute atomic E-state index is 0.224. The minimum Gasteiger partial charge on any atom is -0.460 e. The fourth-order valence-electron chi connectivity index (χ4n) is 2.01. The van der Waals surface area contributed by atoms with Crippen molar-refractivity contribution in [2.45, 2.75) is 6.54 Å². The van der Waals surface area contributed by atoms with Crippen molar-refractivity contribution in [3.05, 3.63) is 61.2 Å². The molecule has 0 aliphatic carbocycles. The predicted molar refractivity (Wildman–Crippen MR) is 77.8 cm³/mol. The highest BCUT2D eigenvalue weighted by Gasteiger charge is 2.14. The Morgan fingerprint density at radius 2 is 1.91 bits per heavy atom. The molecule has 3 rings (SSSR count). The topological polar surface area (TPSA) is 82.8 Å². The third-order valence-electron chi connectivity index (χ3n) is 3.04. The molecule has 0 bridgehead atoms. The molecule has 3 aromatic rings. The predicted octanol–water partition coefficient (Wildman–Crippen LogP) is 1.59. The van der Waals surface area contributed by atoms with Gasteiger partial charge in [-0.1, -0.05) is 18.2 Å². The van der Waals surface area contributed by atoms with Gasteiger partial charge in [-0.3, -0.25) is 0 Å². The van der Waals surface area contributed by atoms with Gasteiger partial charge in [0.15, 0.2) is 0 Å². The summed E-state index contributed by atoms with van der Waals surface area (Å²) in [6.07, 6.45) is 7.78. The highest BCUT2D eigenvalue weighted by molar-refractivity contribution is 5.97. The number of aromatic nitrogens is 5. The largest absolute Gasteiger partial charge is 0.460 e. The fourth-order valence-corrected chi connectivity index (χ4v) is 2.01. The van der Waals surface area contributed by atoms with Crippen LogP contribution in [-0.4, -0.2) is 37.3 Å². The molecule has 0 spiro atoms. The van der Waals surface area contributed by atoms with Crippen LogP contribution in [0.3, 0.4) is 0 Å². The molecular weight excluding hydrogens is 282 g/mol. The molecule has 0 aliphatic rings. The van der Waals surface area contributed by atoms with Crippen LogP contribution in [-0.2, 0) is 11.3 Å². The maximum Gasteiger partial charge on any atom is 0.338 e. The highest BCUT2D eigenvalue weighted by atomic mass is 16.5.